The first-order chi connectivity index (χ1) is 12.0. The maximum absolute atomic E-state index is 12.6. The summed E-state index contributed by atoms with van der Waals surface area (Å²) in [5.74, 6) is -0.597. The van der Waals surface area contributed by atoms with E-state index in [1.807, 2.05) is 36.1 Å². The van der Waals surface area contributed by atoms with E-state index >= 15 is 0 Å². The smallest absolute Gasteiger partial charge is 0.242 e. The molecule has 0 bridgehead atoms. The summed E-state index contributed by atoms with van der Waals surface area (Å²) in [4.78, 5) is 28.0. The minimum absolute atomic E-state index is 0.0179. The standard InChI is InChI=1S/C19H26N2O4/c1-15-4-3-5-17(12-15)13-21(16(2)22)14-18(23)20-8-6-19(7-9-20)24-10-11-25-19/h3-5,12H,6-11,13-14H2,1-2H3. The highest BCUT2D eigenvalue weighted by atomic mass is 16.7. The van der Waals surface area contributed by atoms with Crippen LogP contribution in [0.1, 0.15) is 30.9 Å². The van der Waals surface area contributed by atoms with Crippen molar-refractivity contribution in [3.05, 3.63) is 35.4 Å². The zero-order valence-corrected chi connectivity index (χ0v) is 15.0. The van der Waals surface area contributed by atoms with Crippen LogP contribution >= 0.6 is 0 Å². The van der Waals surface area contributed by atoms with Crippen molar-refractivity contribution in [2.24, 2.45) is 0 Å². The van der Waals surface area contributed by atoms with Crippen LogP contribution in [0.3, 0.4) is 0 Å². The van der Waals surface area contributed by atoms with Gasteiger partial charge in [0, 0.05) is 39.4 Å². The lowest BCUT2D eigenvalue weighted by Crippen LogP contribution is -2.50. The molecule has 0 atom stereocenters. The summed E-state index contributed by atoms with van der Waals surface area (Å²) in [5, 5.41) is 0. The molecule has 2 fully saturated rings. The molecule has 0 aromatic heterocycles. The Morgan fingerprint density at radius 2 is 1.88 bits per heavy atom. The number of nitrogens with zero attached hydrogens (tertiary/aromatic N) is 2. The van der Waals surface area contributed by atoms with Gasteiger partial charge in [-0.05, 0) is 12.5 Å². The molecule has 0 aliphatic carbocycles. The number of likely N-dealkylation sites (tertiary alicyclic amines) is 1. The number of carbonyl (C=O) groups is 2. The topological polar surface area (TPSA) is 59.1 Å². The molecular weight excluding hydrogens is 320 g/mol. The Bertz CT molecular complexity index is 630. The quantitative estimate of drug-likeness (QED) is 0.833. The molecule has 0 N–H and O–H groups in total. The van der Waals surface area contributed by atoms with Gasteiger partial charge >= 0.3 is 0 Å². The van der Waals surface area contributed by atoms with Gasteiger partial charge < -0.3 is 19.3 Å². The van der Waals surface area contributed by atoms with Gasteiger partial charge in [-0.15, -0.1) is 0 Å². The van der Waals surface area contributed by atoms with Gasteiger partial charge in [-0.2, -0.15) is 0 Å². The fourth-order valence-corrected chi connectivity index (χ4v) is 3.46. The first-order valence-corrected chi connectivity index (χ1v) is 8.84. The number of hydrogen-bond donors (Lipinski definition) is 0. The molecular formula is C19H26N2O4. The molecule has 3 rings (SSSR count). The van der Waals surface area contributed by atoms with E-state index in [0.29, 0.717) is 45.7 Å². The summed E-state index contributed by atoms with van der Waals surface area (Å²) in [6.07, 6.45) is 1.38. The third-order valence-corrected chi connectivity index (χ3v) is 4.92. The van der Waals surface area contributed by atoms with Gasteiger partial charge in [0.25, 0.3) is 0 Å². The zero-order valence-electron chi connectivity index (χ0n) is 15.0. The van der Waals surface area contributed by atoms with Crippen LogP contribution in [-0.2, 0) is 25.6 Å². The second-order valence-electron chi connectivity index (χ2n) is 6.85. The first-order valence-electron chi connectivity index (χ1n) is 8.84. The summed E-state index contributed by atoms with van der Waals surface area (Å²) in [6.45, 7) is 6.55. The van der Waals surface area contributed by atoms with Gasteiger partial charge in [-0.3, -0.25) is 9.59 Å². The zero-order chi connectivity index (χ0) is 17.9. The van der Waals surface area contributed by atoms with Gasteiger partial charge in [-0.1, -0.05) is 29.8 Å². The average Bonchev–Trinajstić information content (AvgIpc) is 3.03. The van der Waals surface area contributed by atoms with Crippen LogP contribution in [0.5, 0.6) is 0 Å². The van der Waals surface area contributed by atoms with E-state index in [4.69, 9.17) is 9.47 Å². The molecule has 1 spiro atoms. The van der Waals surface area contributed by atoms with Crippen LogP contribution in [0.15, 0.2) is 24.3 Å². The van der Waals surface area contributed by atoms with Crippen LogP contribution in [0.4, 0.5) is 0 Å². The number of hydrogen-bond acceptors (Lipinski definition) is 4. The predicted octanol–water partition coefficient (Wildman–Crippen LogP) is 1.71. The molecule has 1 aromatic carbocycles. The lowest BCUT2D eigenvalue weighted by Gasteiger charge is -2.38. The fraction of sp³-hybridized carbons (Fsp3) is 0.579. The lowest BCUT2D eigenvalue weighted by molar-refractivity contribution is -0.187. The largest absolute Gasteiger partial charge is 0.347 e. The van der Waals surface area contributed by atoms with Crippen LogP contribution in [0, 0.1) is 6.92 Å². The van der Waals surface area contributed by atoms with E-state index < -0.39 is 5.79 Å². The third kappa shape index (κ3) is 4.38. The monoisotopic (exact) mass is 346 g/mol. The van der Waals surface area contributed by atoms with Gasteiger partial charge in [0.1, 0.15) is 6.54 Å². The van der Waals surface area contributed by atoms with Gasteiger partial charge in [0.2, 0.25) is 11.8 Å². The maximum atomic E-state index is 12.6. The lowest BCUT2D eigenvalue weighted by atomic mass is 10.0. The SMILES string of the molecule is CC(=O)N(CC(=O)N1CCC2(CC1)OCCO2)Cc1cccc(C)c1. The summed E-state index contributed by atoms with van der Waals surface area (Å²) >= 11 is 0. The maximum Gasteiger partial charge on any atom is 0.242 e. The Labute approximate surface area is 148 Å². The Morgan fingerprint density at radius 1 is 1.20 bits per heavy atom. The Hall–Kier alpha value is -1.92. The normalized spacial score (nSPS) is 19.2. The van der Waals surface area contributed by atoms with Crippen molar-refractivity contribution in [3.8, 4) is 0 Å². The van der Waals surface area contributed by atoms with Crippen molar-refractivity contribution in [1.29, 1.82) is 0 Å². The molecule has 2 aliphatic rings. The molecule has 2 amide bonds. The molecule has 2 saturated heterocycles. The van der Waals surface area contributed by atoms with Gasteiger partial charge in [0.15, 0.2) is 5.79 Å². The van der Waals surface area contributed by atoms with Crippen LogP contribution in [0.2, 0.25) is 0 Å². The van der Waals surface area contributed by atoms with E-state index in [1.165, 1.54) is 6.92 Å². The van der Waals surface area contributed by atoms with Crippen LogP contribution in [0.25, 0.3) is 0 Å². The minimum Gasteiger partial charge on any atom is -0.347 e. The Kier molecular flexibility index (Phi) is 5.39. The molecule has 25 heavy (non-hydrogen) atoms. The predicted molar refractivity (Wildman–Crippen MR) is 92.7 cm³/mol. The van der Waals surface area contributed by atoms with E-state index in [2.05, 4.69) is 0 Å². The summed E-state index contributed by atoms with van der Waals surface area (Å²) in [5.41, 5.74) is 2.18. The Balaban J connectivity index is 1.57. The molecule has 0 saturated carbocycles. The number of aryl methyl sites for hydroxylation is 1. The number of benzene rings is 1. The molecule has 2 aliphatic heterocycles. The van der Waals surface area contributed by atoms with Crippen molar-refractivity contribution in [3.63, 3.8) is 0 Å². The molecule has 0 unspecified atom stereocenters. The second-order valence-corrected chi connectivity index (χ2v) is 6.85. The molecule has 2 heterocycles. The van der Waals surface area contributed by atoms with E-state index in [9.17, 15) is 9.59 Å². The van der Waals surface area contributed by atoms with E-state index in [-0.39, 0.29) is 18.4 Å². The molecule has 6 nitrogen and oxygen atoms in total. The van der Waals surface area contributed by atoms with Crippen molar-refractivity contribution in [1.82, 2.24) is 9.80 Å². The number of piperidine rings is 1. The van der Waals surface area contributed by atoms with Gasteiger partial charge in [0.05, 0.1) is 13.2 Å². The number of carbonyl (C=O) groups excluding carboxylic acids is 2. The van der Waals surface area contributed by atoms with Crippen molar-refractivity contribution in [2.75, 3.05) is 32.8 Å². The van der Waals surface area contributed by atoms with E-state index in [0.717, 1.165) is 11.1 Å². The summed E-state index contributed by atoms with van der Waals surface area (Å²) < 4.78 is 11.4. The molecule has 6 heteroatoms. The fourth-order valence-electron chi connectivity index (χ4n) is 3.46. The van der Waals surface area contributed by atoms with E-state index in [1.54, 1.807) is 4.90 Å². The van der Waals surface area contributed by atoms with Crippen LogP contribution in [-0.4, -0.2) is 60.2 Å². The van der Waals surface area contributed by atoms with Crippen molar-refractivity contribution >= 4 is 11.8 Å². The van der Waals surface area contributed by atoms with Gasteiger partial charge in [-0.25, -0.2) is 0 Å². The highest BCUT2D eigenvalue weighted by Crippen LogP contribution is 2.31. The summed E-state index contributed by atoms with van der Waals surface area (Å²) in [7, 11) is 0. The molecule has 1 aromatic rings. The summed E-state index contributed by atoms with van der Waals surface area (Å²) in [6, 6.07) is 8.01. The molecule has 0 radical (unpaired) electrons. The number of amides is 2. The number of rotatable bonds is 4. The average molecular weight is 346 g/mol. The van der Waals surface area contributed by atoms with Crippen LogP contribution < -0.4 is 0 Å². The first kappa shape index (κ1) is 17.9. The van der Waals surface area contributed by atoms with Crippen molar-refractivity contribution in [2.45, 2.75) is 39.0 Å². The number of ether oxygens (including phenoxy) is 2. The minimum atomic E-state index is -0.487. The Morgan fingerprint density at radius 3 is 2.48 bits per heavy atom. The highest BCUT2D eigenvalue weighted by molar-refractivity contribution is 5.83. The third-order valence-electron chi connectivity index (χ3n) is 4.92. The highest BCUT2D eigenvalue weighted by Gasteiger charge is 2.40. The molecule has 136 valence electrons. The second kappa shape index (κ2) is 7.54. The van der Waals surface area contributed by atoms with Crippen molar-refractivity contribution < 1.29 is 19.1 Å².